The summed E-state index contributed by atoms with van der Waals surface area (Å²) in [5, 5.41) is 3.12. The number of nitrogens with one attached hydrogen (secondary N) is 1. The highest BCUT2D eigenvalue weighted by Crippen LogP contribution is 2.22. The fourth-order valence-electron chi connectivity index (χ4n) is 1.78. The second-order valence-electron chi connectivity index (χ2n) is 4.22. The molecule has 1 aromatic carbocycles. The molecule has 0 amide bonds. The van der Waals surface area contributed by atoms with E-state index in [-0.39, 0.29) is 5.56 Å². The van der Waals surface area contributed by atoms with E-state index in [4.69, 9.17) is 0 Å². The molecule has 0 spiro atoms. The molecule has 2 rings (SSSR count). The SMILES string of the molecule is CCNCc1nc(C)cc(-c2ccc(F)cc2F)n1. The third kappa shape index (κ3) is 3.32. The average molecular weight is 263 g/mol. The van der Waals surface area contributed by atoms with Crippen molar-refractivity contribution in [1.82, 2.24) is 15.3 Å². The van der Waals surface area contributed by atoms with Crippen LogP contribution in [0.2, 0.25) is 0 Å². The Labute approximate surface area is 110 Å². The standard InChI is InChI=1S/C14H15F2N3/c1-3-17-8-14-18-9(2)6-13(19-14)11-5-4-10(15)7-12(11)16/h4-7,17H,3,8H2,1-2H3. The number of benzene rings is 1. The van der Waals surface area contributed by atoms with Crippen LogP contribution < -0.4 is 5.32 Å². The zero-order chi connectivity index (χ0) is 13.8. The maximum absolute atomic E-state index is 13.7. The minimum Gasteiger partial charge on any atom is -0.310 e. The molecule has 0 atom stereocenters. The number of hydrogen-bond donors (Lipinski definition) is 1. The van der Waals surface area contributed by atoms with Crippen LogP contribution in [0, 0.1) is 18.6 Å². The van der Waals surface area contributed by atoms with E-state index < -0.39 is 11.6 Å². The van der Waals surface area contributed by atoms with Gasteiger partial charge in [-0.15, -0.1) is 0 Å². The maximum Gasteiger partial charge on any atom is 0.143 e. The largest absolute Gasteiger partial charge is 0.310 e. The quantitative estimate of drug-likeness (QED) is 0.921. The number of hydrogen-bond acceptors (Lipinski definition) is 3. The lowest BCUT2D eigenvalue weighted by Crippen LogP contribution is -2.15. The van der Waals surface area contributed by atoms with E-state index in [1.807, 2.05) is 13.8 Å². The normalized spacial score (nSPS) is 10.7. The van der Waals surface area contributed by atoms with Gasteiger partial charge < -0.3 is 5.32 Å². The molecule has 1 N–H and O–H groups in total. The molecule has 0 bridgehead atoms. The van der Waals surface area contributed by atoms with Crippen LogP contribution >= 0.6 is 0 Å². The molecule has 1 aromatic heterocycles. The molecule has 0 aliphatic rings. The number of rotatable bonds is 4. The number of aromatic nitrogens is 2. The molecule has 3 nitrogen and oxygen atoms in total. The molecule has 0 saturated heterocycles. The van der Waals surface area contributed by atoms with E-state index >= 15 is 0 Å². The summed E-state index contributed by atoms with van der Waals surface area (Å²) in [5.41, 5.74) is 1.50. The highest BCUT2D eigenvalue weighted by Gasteiger charge is 2.10. The van der Waals surface area contributed by atoms with Crippen LogP contribution in [0.15, 0.2) is 24.3 Å². The Morgan fingerprint density at radius 3 is 2.63 bits per heavy atom. The van der Waals surface area contributed by atoms with Crippen molar-refractivity contribution >= 4 is 0 Å². The summed E-state index contributed by atoms with van der Waals surface area (Å²) in [6.07, 6.45) is 0. The Balaban J connectivity index is 2.41. The van der Waals surface area contributed by atoms with Crippen LogP contribution in [0.4, 0.5) is 8.78 Å². The van der Waals surface area contributed by atoms with Gasteiger partial charge in [-0.25, -0.2) is 18.7 Å². The molecule has 100 valence electrons. The first kappa shape index (κ1) is 13.5. The van der Waals surface area contributed by atoms with Gasteiger partial charge in [0.15, 0.2) is 0 Å². The lowest BCUT2D eigenvalue weighted by molar-refractivity contribution is 0.585. The van der Waals surface area contributed by atoms with Crippen molar-refractivity contribution in [1.29, 1.82) is 0 Å². The molecule has 19 heavy (non-hydrogen) atoms. The monoisotopic (exact) mass is 263 g/mol. The van der Waals surface area contributed by atoms with Gasteiger partial charge >= 0.3 is 0 Å². The van der Waals surface area contributed by atoms with E-state index in [1.54, 1.807) is 6.07 Å². The minimum absolute atomic E-state index is 0.282. The zero-order valence-corrected chi connectivity index (χ0v) is 10.9. The average Bonchev–Trinajstić information content (AvgIpc) is 2.35. The summed E-state index contributed by atoms with van der Waals surface area (Å²) in [6, 6.07) is 5.16. The maximum atomic E-state index is 13.7. The third-order valence-electron chi connectivity index (χ3n) is 2.64. The molecule has 0 saturated carbocycles. The van der Waals surface area contributed by atoms with Crippen molar-refractivity contribution in [3.05, 3.63) is 47.4 Å². The molecule has 0 unspecified atom stereocenters. The van der Waals surface area contributed by atoms with Gasteiger partial charge in [0.2, 0.25) is 0 Å². The highest BCUT2D eigenvalue weighted by atomic mass is 19.1. The van der Waals surface area contributed by atoms with Crippen molar-refractivity contribution in [2.75, 3.05) is 6.54 Å². The molecular formula is C14H15F2N3. The predicted octanol–water partition coefficient (Wildman–Crippen LogP) is 2.84. The van der Waals surface area contributed by atoms with Gasteiger partial charge in [-0.2, -0.15) is 0 Å². The van der Waals surface area contributed by atoms with Crippen LogP contribution in [0.1, 0.15) is 18.4 Å². The van der Waals surface area contributed by atoms with Gasteiger partial charge in [0.25, 0.3) is 0 Å². The highest BCUT2D eigenvalue weighted by molar-refractivity contribution is 5.60. The summed E-state index contributed by atoms with van der Waals surface area (Å²) in [7, 11) is 0. The summed E-state index contributed by atoms with van der Waals surface area (Å²) in [5.74, 6) is -0.618. The fraction of sp³-hybridized carbons (Fsp3) is 0.286. The summed E-state index contributed by atoms with van der Waals surface area (Å²) in [6.45, 7) is 5.13. The topological polar surface area (TPSA) is 37.8 Å². The van der Waals surface area contributed by atoms with Crippen LogP contribution in [0.25, 0.3) is 11.3 Å². The van der Waals surface area contributed by atoms with Gasteiger partial charge in [-0.1, -0.05) is 6.92 Å². The summed E-state index contributed by atoms with van der Waals surface area (Å²) in [4.78, 5) is 8.57. The van der Waals surface area contributed by atoms with Gasteiger partial charge in [-0.05, 0) is 31.7 Å². The van der Waals surface area contributed by atoms with E-state index in [9.17, 15) is 8.78 Å². The number of halogens is 2. The van der Waals surface area contributed by atoms with Gasteiger partial charge in [0.05, 0.1) is 12.2 Å². The Morgan fingerprint density at radius 2 is 1.95 bits per heavy atom. The predicted molar refractivity (Wildman–Crippen MR) is 69.5 cm³/mol. The lowest BCUT2D eigenvalue weighted by Gasteiger charge is -2.07. The molecule has 0 aliphatic carbocycles. The molecule has 0 radical (unpaired) electrons. The first-order valence-electron chi connectivity index (χ1n) is 6.11. The third-order valence-corrected chi connectivity index (χ3v) is 2.64. The Morgan fingerprint density at radius 1 is 1.16 bits per heavy atom. The zero-order valence-electron chi connectivity index (χ0n) is 10.9. The van der Waals surface area contributed by atoms with Crippen LogP contribution in [0.5, 0.6) is 0 Å². The van der Waals surface area contributed by atoms with Crippen LogP contribution in [-0.4, -0.2) is 16.5 Å². The molecule has 5 heteroatoms. The molecular weight excluding hydrogens is 248 g/mol. The van der Waals surface area contributed by atoms with E-state index in [0.29, 0.717) is 18.1 Å². The Bertz CT molecular complexity index is 585. The second kappa shape index (κ2) is 5.84. The van der Waals surface area contributed by atoms with E-state index in [0.717, 1.165) is 18.3 Å². The van der Waals surface area contributed by atoms with Gasteiger partial charge in [-0.3, -0.25) is 0 Å². The first-order valence-corrected chi connectivity index (χ1v) is 6.11. The van der Waals surface area contributed by atoms with E-state index in [1.165, 1.54) is 12.1 Å². The van der Waals surface area contributed by atoms with Crippen molar-refractivity contribution in [2.24, 2.45) is 0 Å². The molecule has 0 fully saturated rings. The smallest absolute Gasteiger partial charge is 0.143 e. The van der Waals surface area contributed by atoms with Crippen molar-refractivity contribution in [3.63, 3.8) is 0 Å². The molecule has 0 aliphatic heterocycles. The fourth-order valence-corrected chi connectivity index (χ4v) is 1.78. The second-order valence-corrected chi connectivity index (χ2v) is 4.22. The Hall–Kier alpha value is -1.88. The number of nitrogens with zero attached hydrogens (tertiary/aromatic N) is 2. The minimum atomic E-state index is -0.618. The van der Waals surface area contributed by atoms with Crippen LogP contribution in [0.3, 0.4) is 0 Å². The van der Waals surface area contributed by atoms with Gasteiger partial charge in [0.1, 0.15) is 17.5 Å². The molecule has 1 heterocycles. The van der Waals surface area contributed by atoms with Gasteiger partial charge in [0, 0.05) is 17.3 Å². The molecule has 2 aromatic rings. The number of aryl methyl sites for hydroxylation is 1. The Kier molecular flexibility index (Phi) is 4.16. The van der Waals surface area contributed by atoms with Crippen molar-refractivity contribution in [3.8, 4) is 11.3 Å². The summed E-state index contributed by atoms with van der Waals surface area (Å²) >= 11 is 0. The first-order chi connectivity index (χ1) is 9.10. The van der Waals surface area contributed by atoms with E-state index in [2.05, 4.69) is 15.3 Å². The van der Waals surface area contributed by atoms with Crippen LogP contribution in [-0.2, 0) is 6.54 Å². The van der Waals surface area contributed by atoms with Crippen molar-refractivity contribution < 1.29 is 8.78 Å². The van der Waals surface area contributed by atoms with Crippen molar-refractivity contribution in [2.45, 2.75) is 20.4 Å². The lowest BCUT2D eigenvalue weighted by atomic mass is 10.1. The summed E-state index contributed by atoms with van der Waals surface area (Å²) < 4.78 is 26.6.